The zero-order valence-electron chi connectivity index (χ0n) is 9.45. The molecule has 0 aromatic carbocycles. The van der Waals surface area contributed by atoms with Gasteiger partial charge in [-0.15, -0.1) is 15.0 Å². The summed E-state index contributed by atoms with van der Waals surface area (Å²) in [5.74, 6) is 1.89. The second-order valence-electron chi connectivity index (χ2n) is 4.17. The average molecular weight is 230 g/mol. The van der Waals surface area contributed by atoms with E-state index in [0.717, 1.165) is 25.3 Å². The smallest absolute Gasteiger partial charge is 0.179 e. The van der Waals surface area contributed by atoms with Gasteiger partial charge in [-0.2, -0.15) is 0 Å². The molecule has 1 fully saturated rings. The summed E-state index contributed by atoms with van der Waals surface area (Å²) in [5, 5.41) is 15.9. The van der Waals surface area contributed by atoms with Crippen molar-refractivity contribution in [2.75, 3.05) is 13.1 Å². The first-order valence-electron chi connectivity index (χ1n) is 5.85. The van der Waals surface area contributed by atoms with E-state index in [1.165, 1.54) is 11.2 Å². The standard InChI is InChI=1S/C11H14N6/c1-2-7-13-10(5-1)17-15-11(14-16-17)9-4-3-6-12-8-9/h1-2,5,7,9,12H,3-4,6,8H2. The van der Waals surface area contributed by atoms with Gasteiger partial charge in [0.2, 0.25) is 0 Å². The third-order valence-corrected chi connectivity index (χ3v) is 2.95. The van der Waals surface area contributed by atoms with Crippen molar-refractivity contribution >= 4 is 0 Å². The lowest BCUT2D eigenvalue weighted by molar-refractivity contribution is 0.446. The number of aromatic nitrogens is 5. The van der Waals surface area contributed by atoms with E-state index in [-0.39, 0.29) is 0 Å². The summed E-state index contributed by atoms with van der Waals surface area (Å²) in [6, 6.07) is 5.64. The Morgan fingerprint density at radius 3 is 3.12 bits per heavy atom. The highest BCUT2D eigenvalue weighted by molar-refractivity contribution is 5.17. The minimum atomic E-state index is 0.376. The third kappa shape index (κ3) is 2.16. The topological polar surface area (TPSA) is 68.5 Å². The third-order valence-electron chi connectivity index (χ3n) is 2.95. The van der Waals surface area contributed by atoms with Crippen molar-refractivity contribution in [3.63, 3.8) is 0 Å². The van der Waals surface area contributed by atoms with Gasteiger partial charge in [0.1, 0.15) is 0 Å². The molecule has 88 valence electrons. The van der Waals surface area contributed by atoms with E-state index in [4.69, 9.17) is 0 Å². The Morgan fingerprint density at radius 1 is 1.35 bits per heavy atom. The fraction of sp³-hybridized carbons (Fsp3) is 0.455. The number of tetrazole rings is 1. The fourth-order valence-electron chi connectivity index (χ4n) is 2.03. The largest absolute Gasteiger partial charge is 0.316 e. The van der Waals surface area contributed by atoms with Crippen LogP contribution in [-0.4, -0.2) is 38.3 Å². The van der Waals surface area contributed by atoms with Crippen LogP contribution in [0.3, 0.4) is 0 Å². The van der Waals surface area contributed by atoms with Gasteiger partial charge >= 0.3 is 0 Å². The summed E-state index contributed by atoms with van der Waals surface area (Å²) in [6.45, 7) is 2.03. The zero-order chi connectivity index (χ0) is 11.5. The molecule has 1 atom stereocenters. The van der Waals surface area contributed by atoms with Gasteiger partial charge in [0.05, 0.1) is 0 Å². The molecule has 0 aliphatic carbocycles. The molecule has 17 heavy (non-hydrogen) atoms. The van der Waals surface area contributed by atoms with Crippen LogP contribution in [0.25, 0.3) is 5.82 Å². The molecule has 1 unspecified atom stereocenters. The second kappa shape index (κ2) is 4.58. The van der Waals surface area contributed by atoms with E-state index in [1.807, 2.05) is 18.2 Å². The van der Waals surface area contributed by atoms with Gasteiger partial charge in [0.15, 0.2) is 11.6 Å². The van der Waals surface area contributed by atoms with E-state index in [2.05, 4.69) is 25.7 Å². The molecule has 3 rings (SSSR count). The molecule has 3 heterocycles. The van der Waals surface area contributed by atoms with E-state index in [1.54, 1.807) is 6.20 Å². The molecule has 1 saturated heterocycles. The van der Waals surface area contributed by atoms with Crippen molar-refractivity contribution in [2.24, 2.45) is 0 Å². The van der Waals surface area contributed by atoms with E-state index < -0.39 is 0 Å². The molecular formula is C11H14N6. The maximum atomic E-state index is 4.40. The number of rotatable bonds is 2. The number of nitrogens with zero attached hydrogens (tertiary/aromatic N) is 5. The number of pyridine rings is 1. The molecule has 0 saturated carbocycles. The van der Waals surface area contributed by atoms with Gasteiger partial charge in [0, 0.05) is 18.7 Å². The van der Waals surface area contributed by atoms with Gasteiger partial charge in [-0.25, -0.2) is 4.98 Å². The first-order valence-corrected chi connectivity index (χ1v) is 5.85. The van der Waals surface area contributed by atoms with Gasteiger partial charge in [-0.1, -0.05) is 6.07 Å². The first kappa shape index (κ1) is 10.3. The van der Waals surface area contributed by atoms with E-state index in [9.17, 15) is 0 Å². The molecule has 1 aliphatic heterocycles. The zero-order valence-corrected chi connectivity index (χ0v) is 9.45. The highest BCUT2D eigenvalue weighted by Gasteiger charge is 2.20. The Labute approximate surface area is 99.1 Å². The van der Waals surface area contributed by atoms with Crippen molar-refractivity contribution in [1.29, 1.82) is 0 Å². The molecular weight excluding hydrogens is 216 g/mol. The normalized spacial score (nSPS) is 20.4. The summed E-state index contributed by atoms with van der Waals surface area (Å²) in [5.41, 5.74) is 0. The lowest BCUT2D eigenvalue weighted by Gasteiger charge is -2.19. The van der Waals surface area contributed by atoms with Crippen molar-refractivity contribution in [3.8, 4) is 5.82 Å². The van der Waals surface area contributed by atoms with Crippen LogP contribution in [-0.2, 0) is 0 Å². The Balaban J connectivity index is 1.83. The minimum Gasteiger partial charge on any atom is -0.316 e. The van der Waals surface area contributed by atoms with Crippen LogP contribution in [0.15, 0.2) is 24.4 Å². The fourth-order valence-corrected chi connectivity index (χ4v) is 2.03. The van der Waals surface area contributed by atoms with Crippen LogP contribution in [0.5, 0.6) is 0 Å². The Morgan fingerprint density at radius 2 is 2.35 bits per heavy atom. The lowest BCUT2D eigenvalue weighted by atomic mass is 9.99. The van der Waals surface area contributed by atoms with Gasteiger partial charge < -0.3 is 5.32 Å². The molecule has 1 N–H and O–H groups in total. The average Bonchev–Trinajstić information content (AvgIpc) is 2.90. The predicted molar refractivity (Wildman–Crippen MR) is 61.8 cm³/mol. The predicted octanol–water partition coefficient (Wildman–Crippen LogP) is 0.524. The van der Waals surface area contributed by atoms with Crippen LogP contribution in [0, 0.1) is 0 Å². The first-order chi connectivity index (χ1) is 8.43. The molecule has 0 bridgehead atoms. The number of piperidine rings is 1. The molecule has 2 aromatic heterocycles. The summed E-state index contributed by atoms with van der Waals surface area (Å²) >= 11 is 0. The summed E-state index contributed by atoms with van der Waals surface area (Å²) in [4.78, 5) is 5.68. The van der Waals surface area contributed by atoms with Crippen LogP contribution in [0.1, 0.15) is 24.6 Å². The molecule has 2 aromatic rings. The van der Waals surface area contributed by atoms with Crippen LogP contribution in [0.4, 0.5) is 0 Å². The van der Waals surface area contributed by atoms with Crippen molar-refractivity contribution < 1.29 is 0 Å². The highest BCUT2D eigenvalue weighted by Crippen LogP contribution is 2.19. The van der Waals surface area contributed by atoms with Crippen molar-refractivity contribution in [1.82, 2.24) is 30.5 Å². The lowest BCUT2D eigenvalue weighted by Crippen LogP contribution is -2.29. The minimum absolute atomic E-state index is 0.376. The molecule has 0 amide bonds. The summed E-state index contributed by atoms with van der Waals surface area (Å²) in [6.07, 6.45) is 4.02. The monoisotopic (exact) mass is 230 g/mol. The number of hydrogen-bond acceptors (Lipinski definition) is 5. The van der Waals surface area contributed by atoms with E-state index >= 15 is 0 Å². The molecule has 0 spiro atoms. The van der Waals surface area contributed by atoms with Crippen LogP contribution >= 0.6 is 0 Å². The van der Waals surface area contributed by atoms with Crippen LogP contribution in [0.2, 0.25) is 0 Å². The summed E-state index contributed by atoms with van der Waals surface area (Å²) < 4.78 is 0. The molecule has 6 nitrogen and oxygen atoms in total. The van der Waals surface area contributed by atoms with Gasteiger partial charge in [-0.3, -0.25) is 0 Å². The Hall–Kier alpha value is -1.82. The number of hydrogen-bond donors (Lipinski definition) is 1. The maximum absolute atomic E-state index is 4.40. The molecule has 1 aliphatic rings. The second-order valence-corrected chi connectivity index (χ2v) is 4.17. The van der Waals surface area contributed by atoms with Gasteiger partial charge in [-0.05, 0) is 36.7 Å². The number of nitrogens with one attached hydrogen (secondary N) is 1. The summed E-state index contributed by atoms with van der Waals surface area (Å²) in [7, 11) is 0. The Bertz CT molecular complexity index is 474. The maximum Gasteiger partial charge on any atom is 0.179 e. The van der Waals surface area contributed by atoms with Crippen molar-refractivity contribution in [3.05, 3.63) is 30.2 Å². The van der Waals surface area contributed by atoms with E-state index in [0.29, 0.717) is 11.7 Å². The SMILES string of the molecule is c1ccc(-n2nnc(C3CCCNC3)n2)nc1. The Kier molecular flexibility index (Phi) is 2.79. The molecule has 0 radical (unpaired) electrons. The van der Waals surface area contributed by atoms with Crippen LogP contribution < -0.4 is 5.32 Å². The molecule has 6 heteroatoms. The quantitative estimate of drug-likeness (QED) is 0.814. The van der Waals surface area contributed by atoms with Gasteiger partial charge in [0.25, 0.3) is 0 Å². The highest BCUT2D eigenvalue weighted by atomic mass is 15.6. The van der Waals surface area contributed by atoms with Crippen molar-refractivity contribution in [2.45, 2.75) is 18.8 Å².